The number of ether oxygens (including phenoxy) is 1. The van der Waals surface area contributed by atoms with Crippen molar-refractivity contribution in [3.63, 3.8) is 0 Å². The van der Waals surface area contributed by atoms with Gasteiger partial charge in [-0.1, -0.05) is 24.4 Å². The molecule has 0 spiro atoms. The highest BCUT2D eigenvalue weighted by atomic mass is 35.5. The number of hydrogen-bond donors (Lipinski definition) is 0. The van der Waals surface area contributed by atoms with Crippen molar-refractivity contribution in [3.05, 3.63) is 53.3 Å². The molecule has 1 aliphatic carbocycles. The number of carbonyl (C=O) groups excluding carboxylic acids is 1. The van der Waals surface area contributed by atoms with Gasteiger partial charge in [-0.3, -0.25) is 4.31 Å². The molecule has 0 amide bonds. The van der Waals surface area contributed by atoms with Crippen molar-refractivity contribution in [2.45, 2.75) is 42.8 Å². The molecule has 0 radical (unpaired) electrons. The zero-order valence-electron chi connectivity index (χ0n) is 15.2. The third-order valence-corrected chi connectivity index (χ3v) is 6.81. The highest BCUT2D eigenvalue weighted by Gasteiger charge is 2.38. The van der Waals surface area contributed by atoms with Crippen LogP contribution >= 0.6 is 11.6 Å². The molecule has 6 nitrogen and oxygen atoms in total. The zero-order valence-corrected chi connectivity index (χ0v) is 16.8. The van der Waals surface area contributed by atoms with Crippen LogP contribution in [0.4, 0.5) is 10.1 Å². The van der Waals surface area contributed by atoms with Crippen LogP contribution in [0.15, 0.2) is 47.5 Å². The van der Waals surface area contributed by atoms with Crippen LogP contribution in [0, 0.1) is 0 Å². The van der Waals surface area contributed by atoms with Crippen LogP contribution in [0.2, 0.25) is 5.15 Å². The van der Waals surface area contributed by atoms with Gasteiger partial charge < -0.3 is 4.74 Å². The molecule has 0 aliphatic heterocycles. The van der Waals surface area contributed by atoms with Crippen LogP contribution in [0.3, 0.4) is 0 Å². The minimum Gasteiger partial charge on any atom is -0.465 e. The summed E-state index contributed by atoms with van der Waals surface area (Å²) in [5, 5.41) is 0.161. The van der Waals surface area contributed by atoms with Crippen LogP contribution in [0.5, 0.6) is 0 Å². The number of esters is 1. The second-order valence-corrected chi connectivity index (χ2v) is 8.73. The van der Waals surface area contributed by atoms with Crippen LogP contribution in [-0.4, -0.2) is 38.7 Å². The van der Waals surface area contributed by atoms with Gasteiger partial charge in [-0.25, -0.2) is 22.6 Å². The second-order valence-electron chi connectivity index (χ2n) is 6.52. The summed E-state index contributed by atoms with van der Waals surface area (Å²) in [7, 11) is -2.83. The number of methoxy groups -OCH3 is 1. The van der Waals surface area contributed by atoms with Gasteiger partial charge in [0.15, 0.2) is 0 Å². The number of halogens is 2. The topological polar surface area (TPSA) is 76.6 Å². The highest BCUT2D eigenvalue weighted by Crippen LogP contribution is 2.34. The minimum absolute atomic E-state index is 0.0771. The fraction of sp³-hybridized carbons (Fsp3) is 0.368. The monoisotopic (exact) mass is 426 g/mol. The Kier molecular flexibility index (Phi) is 6.20. The van der Waals surface area contributed by atoms with E-state index in [0.717, 1.165) is 23.3 Å². The van der Waals surface area contributed by atoms with Gasteiger partial charge in [-0.05, 0) is 49.2 Å². The van der Waals surface area contributed by atoms with E-state index in [2.05, 4.69) is 9.72 Å². The maximum atomic E-state index is 14.7. The van der Waals surface area contributed by atoms with Gasteiger partial charge in [0, 0.05) is 6.20 Å². The van der Waals surface area contributed by atoms with Crippen LogP contribution in [0.1, 0.15) is 36.0 Å². The van der Waals surface area contributed by atoms with E-state index in [1.807, 2.05) is 0 Å². The van der Waals surface area contributed by atoms with Gasteiger partial charge >= 0.3 is 5.97 Å². The molecule has 1 saturated carbocycles. The summed E-state index contributed by atoms with van der Waals surface area (Å²) in [4.78, 5) is 15.4. The quantitative estimate of drug-likeness (QED) is 0.533. The number of aromatic nitrogens is 1. The molecule has 0 N–H and O–H groups in total. The molecular formula is C19H20ClFN2O4S. The number of rotatable bonds is 5. The van der Waals surface area contributed by atoms with E-state index in [4.69, 9.17) is 11.6 Å². The largest absolute Gasteiger partial charge is 0.465 e. The number of nitrogens with zero attached hydrogens (tertiary/aromatic N) is 2. The molecule has 1 aromatic heterocycles. The van der Waals surface area contributed by atoms with Gasteiger partial charge in [0.05, 0.1) is 24.4 Å². The molecule has 2 aromatic rings. The summed E-state index contributed by atoms with van der Waals surface area (Å²) < 4.78 is 47.2. The van der Waals surface area contributed by atoms with Gasteiger partial charge in [-0.15, -0.1) is 0 Å². The van der Waals surface area contributed by atoms with E-state index in [-0.39, 0.29) is 21.3 Å². The molecule has 1 heterocycles. The molecule has 9 heteroatoms. The Bertz CT molecular complexity index is 935. The first-order chi connectivity index (χ1) is 13.3. The SMILES string of the molecule is COC(=O)c1ccc(N(C2CCCCC2F)S(=O)(=O)c2ccc(Cl)nc2)cc1. The summed E-state index contributed by atoms with van der Waals surface area (Å²) in [5.74, 6) is -0.538. The number of alkyl halides is 1. The normalized spacial score (nSPS) is 19.8. The lowest BCUT2D eigenvalue weighted by Crippen LogP contribution is -2.47. The Morgan fingerprint density at radius 2 is 1.86 bits per heavy atom. The molecule has 0 saturated heterocycles. The number of anilines is 1. The molecule has 1 aliphatic rings. The lowest BCUT2D eigenvalue weighted by molar-refractivity contribution is 0.0600. The molecule has 1 aromatic carbocycles. The summed E-state index contributed by atoms with van der Waals surface area (Å²) in [6.45, 7) is 0. The predicted octanol–water partition coefficient (Wildman–Crippen LogP) is 4.00. The summed E-state index contributed by atoms with van der Waals surface area (Å²) >= 11 is 5.77. The van der Waals surface area contributed by atoms with E-state index in [1.54, 1.807) is 0 Å². The van der Waals surface area contributed by atoms with Crippen molar-refractivity contribution in [2.75, 3.05) is 11.4 Å². The zero-order chi connectivity index (χ0) is 20.3. The van der Waals surface area contributed by atoms with Crippen molar-refractivity contribution in [1.82, 2.24) is 4.98 Å². The molecule has 3 rings (SSSR count). The van der Waals surface area contributed by atoms with Gasteiger partial charge in [0.2, 0.25) is 0 Å². The predicted molar refractivity (Wildman–Crippen MR) is 104 cm³/mol. The second kappa shape index (κ2) is 8.45. The molecule has 2 unspecified atom stereocenters. The first kappa shape index (κ1) is 20.5. The van der Waals surface area contributed by atoms with E-state index < -0.39 is 28.2 Å². The van der Waals surface area contributed by atoms with Crippen molar-refractivity contribution in [1.29, 1.82) is 0 Å². The van der Waals surface area contributed by atoms with Crippen molar-refractivity contribution < 1.29 is 22.3 Å². The third-order valence-electron chi connectivity index (χ3n) is 4.75. The molecule has 150 valence electrons. The fourth-order valence-corrected chi connectivity index (χ4v) is 5.09. The Labute approximate surface area is 168 Å². The van der Waals surface area contributed by atoms with E-state index in [0.29, 0.717) is 12.8 Å². The first-order valence-electron chi connectivity index (χ1n) is 8.83. The number of hydrogen-bond acceptors (Lipinski definition) is 5. The van der Waals surface area contributed by atoms with E-state index >= 15 is 0 Å². The molecular weight excluding hydrogens is 407 g/mol. The Morgan fingerprint density at radius 3 is 2.43 bits per heavy atom. The lowest BCUT2D eigenvalue weighted by atomic mass is 9.93. The molecule has 28 heavy (non-hydrogen) atoms. The van der Waals surface area contributed by atoms with Gasteiger partial charge in [-0.2, -0.15) is 0 Å². The Morgan fingerprint density at radius 1 is 1.18 bits per heavy atom. The number of pyridine rings is 1. The smallest absolute Gasteiger partial charge is 0.337 e. The lowest BCUT2D eigenvalue weighted by Gasteiger charge is -2.37. The van der Waals surface area contributed by atoms with Crippen molar-refractivity contribution >= 4 is 33.3 Å². The third kappa shape index (κ3) is 4.12. The standard InChI is InChI=1S/C19H20ClFN2O4S/c1-27-19(24)13-6-8-14(9-7-13)23(17-5-3-2-4-16(17)21)28(25,26)15-10-11-18(20)22-12-15/h6-12,16-17H,2-5H2,1H3. The number of benzene rings is 1. The van der Waals surface area contributed by atoms with Gasteiger partial charge in [0.25, 0.3) is 10.0 Å². The van der Waals surface area contributed by atoms with E-state index in [9.17, 15) is 17.6 Å². The highest BCUT2D eigenvalue weighted by molar-refractivity contribution is 7.92. The summed E-state index contributed by atoms with van der Waals surface area (Å²) in [6.07, 6.45) is 2.02. The number of sulfonamides is 1. The molecule has 1 fully saturated rings. The maximum absolute atomic E-state index is 14.7. The van der Waals surface area contributed by atoms with Crippen LogP contribution in [-0.2, 0) is 14.8 Å². The van der Waals surface area contributed by atoms with Crippen molar-refractivity contribution in [2.24, 2.45) is 0 Å². The maximum Gasteiger partial charge on any atom is 0.337 e. The van der Waals surface area contributed by atoms with Gasteiger partial charge in [0.1, 0.15) is 16.2 Å². The summed E-state index contributed by atoms with van der Waals surface area (Å²) in [5.41, 5.74) is 0.550. The molecule has 0 bridgehead atoms. The average molecular weight is 427 g/mol. The van der Waals surface area contributed by atoms with Crippen molar-refractivity contribution in [3.8, 4) is 0 Å². The average Bonchev–Trinajstić information content (AvgIpc) is 2.70. The minimum atomic E-state index is -4.09. The molecule has 2 atom stereocenters. The number of carbonyl (C=O) groups is 1. The fourth-order valence-electron chi connectivity index (χ4n) is 3.33. The Balaban J connectivity index is 2.07. The summed E-state index contributed by atoms with van der Waals surface area (Å²) in [6, 6.07) is 7.76. The van der Waals surface area contributed by atoms with Crippen LogP contribution in [0.25, 0.3) is 0 Å². The van der Waals surface area contributed by atoms with Crippen LogP contribution < -0.4 is 4.31 Å². The Hall–Kier alpha value is -2.19. The first-order valence-corrected chi connectivity index (χ1v) is 10.6. The van der Waals surface area contributed by atoms with E-state index in [1.165, 1.54) is 43.5 Å².